The van der Waals surface area contributed by atoms with Crippen molar-refractivity contribution in [2.75, 3.05) is 7.11 Å². The van der Waals surface area contributed by atoms with Gasteiger partial charge in [0, 0.05) is 17.7 Å². The van der Waals surface area contributed by atoms with Crippen LogP contribution in [0.25, 0.3) is 11.4 Å². The van der Waals surface area contributed by atoms with Gasteiger partial charge < -0.3 is 4.74 Å². The van der Waals surface area contributed by atoms with Crippen LogP contribution in [0, 0.1) is 10.1 Å². The number of aromatic nitrogens is 3. The van der Waals surface area contributed by atoms with Gasteiger partial charge in [0.15, 0.2) is 5.82 Å². The highest BCUT2D eigenvalue weighted by molar-refractivity contribution is 5.73. The van der Waals surface area contributed by atoms with Crippen molar-refractivity contribution in [3.8, 4) is 11.4 Å². The van der Waals surface area contributed by atoms with E-state index in [1.165, 1.54) is 30.3 Å². The highest BCUT2D eigenvalue weighted by Crippen LogP contribution is 2.19. The third-order valence-corrected chi connectivity index (χ3v) is 2.78. The van der Waals surface area contributed by atoms with Gasteiger partial charge in [-0.15, -0.1) is 0 Å². The Balaban J connectivity index is 2.24. The summed E-state index contributed by atoms with van der Waals surface area (Å²) in [6.07, 6.45) is 1.42. The number of rotatable bonds is 4. The lowest BCUT2D eigenvalue weighted by Crippen LogP contribution is -2.18. The molecule has 0 bridgehead atoms. The van der Waals surface area contributed by atoms with E-state index >= 15 is 0 Å². The zero-order valence-corrected chi connectivity index (χ0v) is 10.9. The monoisotopic (exact) mass is 276 g/mol. The summed E-state index contributed by atoms with van der Waals surface area (Å²) in [4.78, 5) is 25.6. The summed E-state index contributed by atoms with van der Waals surface area (Å²) in [5.74, 6) is -0.0409. The van der Waals surface area contributed by atoms with Crippen molar-refractivity contribution in [1.82, 2.24) is 14.8 Å². The van der Waals surface area contributed by atoms with Crippen LogP contribution in [0.3, 0.4) is 0 Å². The average molecular weight is 276 g/mol. The third kappa shape index (κ3) is 2.63. The first kappa shape index (κ1) is 13.7. The summed E-state index contributed by atoms with van der Waals surface area (Å²) in [6, 6.07) is 5.28. The number of carbonyl (C=O) groups is 1. The van der Waals surface area contributed by atoms with Crippen molar-refractivity contribution in [3.05, 3.63) is 40.7 Å². The summed E-state index contributed by atoms with van der Waals surface area (Å²) in [5.41, 5.74) is 0.627. The number of hydrogen-bond donors (Lipinski definition) is 0. The van der Waals surface area contributed by atoms with E-state index in [4.69, 9.17) is 0 Å². The highest BCUT2D eigenvalue weighted by Gasteiger charge is 2.17. The minimum absolute atomic E-state index is 0.00360. The van der Waals surface area contributed by atoms with Gasteiger partial charge in [-0.2, -0.15) is 5.10 Å². The van der Waals surface area contributed by atoms with E-state index in [0.29, 0.717) is 11.4 Å². The molecule has 0 aliphatic heterocycles. The molecular weight excluding hydrogens is 264 g/mol. The number of hydrogen-bond acceptors (Lipinski definition) is 6. The number of ether oxygens (including phenoxy) is 1. The standard InChI is InChI=1S/C12H12N4O4/c1-8(12(17)20-2)15-7-13-11(14-15)9-3-5-10(6-4-9)16(18)19/h3-8H,1-2H3. The summed E-state index contributed by atoms with van der Waals surface area (Å²) in [6.45, 7) is 1.64. The fourth-order valence-electron chi connectivity index (χ4n) is 1.60. The van der Waals surface area contributed by atoms with E-state index in [0.717, 1.165) is 0 Å². The van der Waals surface area contributed by atoms with E-state index in [-0.39, 0.29) is 5.69 Å². The molecule has 8 heteroatoms. The van der Waals surface area contributed by atoms with Crippen molar-refractivity contribution in [2.45, 2.75) is 13.0 Å². The van der Waals surface area contributed by atoms with Crippen molar-refractivity contribution in [3.63, 3.8) is 0 Å². The predicted octanol–water partition coefficient (Wildman–Crippen LogP) is 1.59. The van der Waals surface area contributed by atoms with Gasteiger partial charge in [-0.3, -0.25) is 10.1 Å². The number of carbonyl (C=O) groups excluding carboxylic acids is 1. The molecule has 1 aromatic carbocycles. The van der Waals surface area contributed by atoms with Gasteiger partial charge in [-0.25, -0.2) is 14.5 Å². The molecule has 0 saturated carbocycles. The van der Waals surface area contributed by atoms with Crippen LogP contribution in [0.5, 0.6) is 0 Å². The smallest absolute Gasteiger partial charge is 0.330 e. The number of non-ortho nitro benzene ring substituents is 1. The minimum atomic E-state index is -0.584. The molecule has 0 aliphatic rings. The molecular formula is C12H12N4O4. The van der Waals surface area contributed by atoms with E-state index in [2.05, 4.69) is 14.8 Å². The Hall–Kier alpha value is -2.77. The lowest BCUT2D eigenvalue weighted by molar-refractivity contribution is -0.384. The fourth-order valence-corrected chi connectivity index (χ4v) is 1.60. The molecule has 1 heterocycles. The summed E-state index contributed by atoms with van der Waals surface area (Å²) in [5, 5.41) is 14.7. The number of nitrogens with zero attached hydrogens (tertiary/aromatic N) is 4. The average Bonchev–Trinajstić information content (AvgIpc) is 2.95. The lowest BCUT2D eigenvalue weighted by Gasteiger charge is -2.07. The van der Waals surface area contributed by atoms with Crippen molar-refractivity contribution in [2.24, 2.45) is 0 Å². The van der Waals surface area contributed by atoms with Crippen LogP contribution in [0.2, 0.25) is 0 Å². The van der Waals surface area contributed by atoms with Gasteiger partial charge in [-0.1, -0.05) is 0 Å². The highest BCUT2D eigenvalue weighted by atomic mass is 16.6. The van der Waals surface area contributed by atoms with Gasteiger partial charge in [0.25, 0.3) is 5.69 Å². The van der Waals surface area contributed by atoms with Crippen LogP contribution >= 0.6 is 0 Å². The van der Waals surface area contributed by atoms with Gasteiger partial charge in [-0.05, 0) is 19.1 Å². The second-order valence-electron chi connectivity index (χ2n) is 4.05. The third-order valence-electron chi connectivity index (χ3n) is 2.78. The Bertz CT molecular complexity index is 635. The maximum Gasteiger partial charge on any atom is 0.330 e. The van der Waals surface area contributed by atoms with Crippen LogP contribution in [0.15, 0.2) is 30.6 Å². The molecule has 8 nitrogen and oxygen atoms in total. The van der Waals surface area contributed by atoms with Crippen molar-refractivity contribution < 1.29 is 14.5 Å². The molecule has 2 aromatic rings. The molecule has 1 atom stereocenters. The van der Waals surface area contributed by atoms with Gasteiger partial charge in [0.05, 0.1) is 12.0 Å². The largest absolute Gasteiger partial charge is 0.467 e. The van der Waals surface area contributed by atoms with E-state index in [1.807, 2.05) is 0 Å². The van der Waals surface area contributed by atoms with Gasteiger partial charge >= 0.3 is 5.97 Å². The predicted molar refractivity (Wildman–Crippen MR) is 68.8 cm³/mol. The van der Waals surface area contributed by atoms with E-state index < -0.39 is 16.9 Å². The number of esters is 1. The Kier molecular flexibility index (Phi) is 3.74. The van der Waals surface area contributed by atoms with Gasteiger partial charge in [0.1, 0.15) is 12.4 Å². The molecule has 1 aromatic heterocycles. The molecule has 20 heavy (non-hydrogen) atoms. The lowest BCUT2D eigenvalue weighted by atomic mass is 10.2. The molecule has 0 fully saturated rings. The first-order chi connectivity index (χ1) is 9.52. The van der Waals surface area contributed by atoms with Crippen LogP contribution in [0.1, 0.15) is 13.0 Å². The normalized spacial score (nSPS) is 11.9. The maximum atomic E-state index is 11.4. The molecule has 0 spiro atoms. The molecule has 2 rings (SSSR count). The molecule has 0 amide bonds. The topological polar surface area (TPSA) is 100 Å². The molecule has 1 unspecified atom stereocenters. The van der Waals surface area contributed by atoms with Crippen molar-refractivity contribution >= 4 is 11.7 Å². The number of nitro benzene ring substituents is 1. The second kappa shape index (κ2) is 5.47. The number of benzene rings is 1. The van der Waals surface area contributed by atoms with Crippen LogP contribution < -0.4 is 0 Å². The first-order valence-electron chi connectivity index (χ1n) is 5.76. The Morgan fingerprint density at radius 1 is 1.40 bits per heavy atom. The zero-order valence-electron chi connectivity index (χ0n) is 10.9. The molecule has 0 aliphatic carbocycles. The summed E-state index contributed by atoms with van der Waals surface area (Å²) in [7, 11) is 1.30. The van der Waals surface area contributed by atoms with Crippen LogP contribution in [-0.4, -0.2) is 32.8 Å². The zero-order chi connectivity index (χ0) is 14.7. The summed E-state index contributed by atoms with van der Waals surface area (Å²) >= 11 is 0. The van der Waals surface area contributed by atoms with E-state index in [1.54, 1.807) is 19.1 Å². The Labute approximate surface area is 114 Å². The first-order valence-corrected chi connectivity index (χ1v) is 5.76. The molecule has 0 N–H and O–H groups in total. The van der Waals surface area contributed by atoms with Crippen LogP contribution in [-0.2, 0) is 9.53 Å². The van der Waals surface area contributed by atoms with E-state index in [9.17, 15) is 14.9 Å². The van der Waals surface area contributed by atoms with Crippen LogP contribution in [0.4, 0.5) is 5.69 Å². The Morgan fingerprint density at radius 3 is 2.60 bits per heavy atom. The van der Waals surface area contributed by atoms with Gasteiger partial charge in [0.2, 0.25) is 0 Å². The molecule has 0 radical (unpaired) electrons. The number of methoxy groups -OCH3 is 1. The molecule has 104 valence electrons. The second-order valence-corrected chi connectivity index (χ2v) is 4.05. The quantitative estimate of drug-likeness (QED) is 0.477. The van der Waals surface area contributed by atoms with Crippen molar-refractivity contribution in [1.29, 1.82) is 0 Å². The fraction of sp³-hybridized carbons (Fsp3) is 0.250. The number of nitro groups is 1. The maximum absolute atomic E-state index is 11.4. The Morgan fingerprint density at radius 2 is 2.05 bits per heavy atom. The SMILES string of the molecule is COC(=O)C(C)n1cnc(-c2ccc([N+](=O)[O-])cc2)n1. The molecule has 0 saturated heterocycles. The summed E-state index contributed by atoms with van der Waals surface area (Å²) < 4.78 is 6.00. The minimum Gasteiger partial charge on any atom is -0.467 e.